The molecule has 0 aliphatic carbocycles. The maximum atomic E-state index is 12.3. The SMILES string of the molecule is CC(C)(CCP(=O)(O)CCC(=O)ONC(=O)CCC=O)SSc1ccc[nH]1. The van der Waals surface area contributed by atoms with Crippen molar-refractivity contribution in [1.82, 2.24) is 10.5 Å². The zero-order valence-corrected chi connectivity index (χ0v) is 17.8. The van der Waals surface area contributed by atoms with Crippen molar-refractivity contribution < 1.29 is 28.7 Å². The van der Waals surface area contributed by atoms with Crippen molar-refractivity contribution in [3.8, 4) is 0 Å². The monoisotopic (exact) mass is 436 g/mol. The van der Waals surface area contributed by atoms with Gasteiger partial charge in [-0.05, 0) is 43.2 Å². The van der Waals surface area contributed by atoms with Gasteiger partial charge in [0.1, 0.15) is 6.29 Å². The Kier molecular flexibility index (Phi) is 10.2. The molecule has 152 valence electrons. The molecular formula is C16H25N2O6PS2. The molecule has 3 N–H and O–H groups in total. The number of aldehydes is 1. The summed E-state index contributed by atoms with van der Waals surface area (Å²) in [7, 11) is -0.302. The predicted octanol–water partition coefficient (Wildman–Crippen LogP) is 3.14. The highest BCUT2D eigenvalue weighted by molar-refractivity contribution is 8.77. The molecule has 0 aromatic carbocycles. The highest BCUT2D eigenvalue weighted by atomic mass is 33.1. The molecule has 1 aromatic rings. The molecular weight excluding hydrogens is 411 g/mol. The third-order valence-corrected chi connectivity index (χ3v) is 8.58. The van der Waals surface area contributed by atoms with Crippen LogP contribution in [-0.2, 0) is 23.8 Å². The summed E-state index contributed by atoms with van der Waals surface area (Å²) >= 11 is 0. The van der Waals surface area contributed by atoms with Crippen LogP contribution in [-0.4, -0.2) is 45.1 Å². The van der Waals surface area contributed by atoms with Gasteiger partial charge in [0.05, 0.1) is 11.4 Å². The second-order valence-electron chi connectivity index (χ2n) is 6.46. The van der Waals surface area contributed by atoms with Gasteiger partial charge in [0.15, 0.2) is 0 Å². The van der Waals surface area contributed by atoms with Crippen LogP contribution in [0.5, 0.6) is 0 Å². The van der Waals surface area contributed by atoms with E-state index in [0.717, 1.165) is 5.03 Å². The van der Waals surface area contributed by atoms with Crippen molar-refractivity contribution >= 4 is 47.1 Å². The molecule has 0 aliphatic rings. The van der Waals surface area contributed by atoms with E-state index in [-0.39, 0.29) is 36.3 Å². The summed E-state index contributed by atoms with van der Waals surface area (Å²) in [6.45, 7) is 3.99. The number of aromatic amines is 1. The lowest BCUT2D eigenvalue weighted by atomic mass is 10.1. The molecule has 0 fully saturated rings. The lowest BCUT2D eigenvalue weighted by Gasteiger charge is -2.24. The molecule has 0 aliphatic heterocycles. The Morgan fingerprint density at radius 1 is 1.37 bits per heavy atom. The zero-order valence-electron chi connectivity index (χ0n) is 15.3. The lowest BCUT2D eigenvalue weighted by molar-refractivity contribution is -0.157. The second kappa shape index (κ2) is 11.6. The number of carbonyl (C=O) groups is 3. The fraction of sp³-hybridized carbons (Fsp3) is 0.562. The molecule has 11 heteroatoms. The average molecular weight is 436 g/mol. The predicted molar refractivity (Wildman–Crippen MR) is 107 cm³/mol. The Labute approximate surface area is 166 Å². The molecule has 1 aromatic heterocycles. The molecule has 0 saturated heterocycles. The normalized spacial score (nSPS) is 13.6. The summed E-state index contributed by atoms with van der Waals surface area (Å²) in [6, 6.07) is 3.86. The van der Waals surface area contributed by atoms with Gasteiger partial charge in [0.25, 0.3) is 5.91 Å². The van der Waals surface area contributed by atoms with Crippen molar-refractivity contribution in [2.24, 2.45) is 0 Å². The Bertz CT molecular complexity index is 666. The minimum absolute atomic E-state index is 0.0329. The Balaban J connectivity index is 2.29. The maximum absolute atomic E-state index is 12.3. The van der Waals surface area contributed by atoms with Gasteiger partial charge in [-0.15, -0.1) is 0 Å². The molecule has 0 radical (unpaired) electrons. The number of carbonyl (C=O) groups excluding carboxylic acids is 3. The number of hydrogen-bond acceptors (Lipinski definition) is 7. The molecule has 1 amide bonds. The van der Waals surface area contributed by atoms with Gasteiger partial charge in [-0.1, -0.05) is 10.8 Å². The van der Waals surface area contributed by atoms with Gasteiger partial charge in [-0.2, -0.15) is 5.48 Å². The van der Waals surface area contributed by atoms with Crippen LogP contribution >= 0.6 is 29.0 Å². The minimum Gasteiger partial charge on any atom is -0.356 e. The van der Waals surface area contributed by atoms with Crippen molar-refractivity contribution in [3.05, 3.63) is 18.3 Å². The number of nitrogens with one attached hydrogen (secondary N) is 2. The summed E-state index contributed by atoms with van der Waals surface area (Å²) < 4.78 is 12.1. The van der Waals surface area contributed by atoms with Crippen molar-refractivity contribution in [3.63, 3.8) is 0 Å². The van der Waals surface area contributed by atoms with E-state index in [2.05, 4.69) is 9.82 Å². The molecule has 0 bridgehead atoms. The van der Waals surface area contributed by atoms with Crippen LogP contribution in [0.3, 0.4) is 0 Å². The fourth-order valence-electron chi connectivity index (χ4n) is 1.79. The number of amides is 1. The summed E-state index contributed by atoms with van der Waals surface area (Å²) in [6.07, 6.45) is 2.50. The topological polar surface area (TPSA) is 126 Å². The lowest BCUT2D eigenvalue weighted by Crippen LogP contribution is -2.27. The van der Waals surface area contributed by atoms with Gasteiger partial charge < -0.3 is 19.5 Å². The molecule has 27 heavy (non-hydrogen) atoms. The zero-order chi connectivity index (χ0) is 20.3. The van der Waals surface area contributed by atoms with E-state index >= 15 is 0 Å². The smallest absolute Gasteiger partial charge is 0.332 e. The minimum atomic E-state index is -3.48. The first-order valence-electron chi connectivity index (χ1n) is 8.36. The van der Waals surface area contributed by atoms with Crippen LogP contribution in [0, 0.1) is 0 Å². The third kappa shape index (κ3) is 11.3. The maximum Gasteiger partial charge on any atom is 0.332 e. The van der Waals surface area contributed by atoms with Gasteiger partial charge >= 0.3 is 5.97 Å². The molecule has 1 unspecified atom stereocenters. The molecule has 0 saturated carbocycles. The van der Waals surface area contributed by atoms with Gasteiger partial charge in [0.2, 0.25) is 7.37 Å². The van der Waals surface area contributed by atoms with Gasteiger partial charge in [0, 0.05) is 36.1 Å². The largest absolute Gasteiger partial charge is 0.356 e. The van der Waals surface area contributed by atoms with Gasteiger partial charge in [-0.25, -0.2) is 4.79 Å². The summed E-state index contributed by atoms with van der Waals surface area (Å²) in [5.41, 5.74) is 1.91. The highest BCUT2D eigenvalue weighted by Crippen LogP contribution is 2.48. The standard InChI is InChI=1S/C16H25N2O6PS2/c1-16(2,27-26-14-6-3-9-17-14)8-12-25(22,23)11-7-15(21)24-18-13(20)5-4-10-19/h3,6,9-10,17H,4-5,7-8,11-12H2,1-2H3,(H,18,20)(H,22,23). The van der Waals surface area contributed by atoms with Crippen LogP contribution in [0.1, 0.15) is 39.5 Å². The third-order valence-electron chi connectivity index (χ3n) is 3.42. The number of aromatic nitrogens is 1. The van der Waals surface area contributed by atoms with Crippen molar-refractivity contribution in [2.75, 3.05) is 12.3 Å². The van der Waals surface area contributed by atoms with E-state index in [1.807, 2.05) is 37.7 Å². The van der Waals surface area contributed by atoms with Crippen LogP contribution in [0.4, 0.5) is 0 Å². The Morgan fingerprint density at radius 2 is 2.11 bits per heavy atom. The number of rotatable bonds is 12. The Morgan fingerprint density at radius 3 is 2.74 bits per heavy atom. The van der Waals surface area contributed by atoms with E-state index in [1.165, 1.54) is 0 Å². The van der Waals surface area contributed by atoms with Crippen LogP contribution < -0.4 is 5.48 Å². The van der Waals surface area contributed by atoms with Crippen LogP contribution in [0.2, 0.25) is 0 Å². The van der Waals surface area contributed by atoms with Crippen LogP contribution in [0.25, 0.3) is 0 Å². The first-order valence-corrected chi connectivity index (χ1v) is 12.5. The summed E-state index contributed by atoms with van der Waals surface area (Å²) in [5.74, 6) is -1.39. The molecule has 1 atom stereocenters. The van der Waals surface area contributed by atoms with Crippen LogP contribution in [0.15, 0.2) is 23.4 Å². The number of H-pyrrole nitrogens is 1. The number of hydrogen-bond donors (Lipinski definition) is 3. The molecule has 1 heterocycles. The van der Waals surface area contributed by atoms with Crippen molar-refractivity contribution in [2.45, 2.75) is 49.3 Å². The van der Waals surface area contributed by atoms with Crippen molar-refractivity contribution in [1.29, 1.82) is 0 Å². The quantitative estimate of drug-likeness (QED) is 0.197. The Hall–Kier alpha value is -1.22. The van der Waals surface area contributed by atoms with Gasteiger partial charge in [-0.3, -0.25) is 9.36 Å². The number of hydroxylamine groups is 1. The second-order valence-corrected chi connectivity index (χ2v) is 11.9. The van der Waals surface area contributed by atoms with E-state index in [1.54, 1.807) is 21.6 Å². The highest BCUT2D eigenvalue weighted by Gasteiger charge is 2.27. The molecule has 0 spiro atoms. The molecule has 8 nitrogen and oxygen atoms in total. The fourth-order valence-corrected chi connectivity index (χ4v) is 5.87. The first kappa shape index (κ1) is 23.8. The van der Waals surface area contributed by atoms with E-state index in [9.17, 15) is 23.8 Å². The first-order chi connectivity index (χ1) is 12.6. The summed E-state index contributed by atoms with van der Waals surface area (Å²) in [5, 5.41) is 1.01. The molecule has 1 rings (SSSR count). The van der Waals surface area contributed by atoms with E-state index < -0.39 is 19.2 Å². The average Bonchev–Trinajstić information content (AvgIpc) is 3.14. The van der Waals surface area contributed by atoms with E-state index in [4.69, 9.17) is 0 Å². The summed E-state index contributed by atoms with van der Waals surface area (Å²) in [4.78, 5) is 50.6. The van der Waals surface area contributed by atoms with E-state index in [0.29, 0.717) is 12.7 Å².